The highest BCUT2D eigenvalue weighted by atomic mass is 32.1. The minimum atomic E-state index is -0.503. The largest absolute Gasteiger partial charge is 0.309 e. The average molecular weight is 666 g/mol. The Bertz CT molecular complexity index is 3370. The molecular weight excluding hydrogens is 629 g/mol. The van der Waals surface area contributed by atoms with E-state index in [1.807, 2.05) is 78.9 Å². The Hall–Kier alpha value is -6.43. The van der Waals surface area contributed by atoms with Crippen LogP contribution in [0.3, 0.4) is 0 Å². The second-order valence-corrected chi connectivity index (χ2v) is 12.8. The van der Waals surface area contributed by atoms with Crippen LogP contribution >= 0.6 is 11.3 Å². The number of hydrogen-bond donors (Lipinski definition) is 0. The Kier molecular flexibility index (Phi) is 4.84. The van der Waals surface area contributed by atoms with Crippen LogP contribution in [0.15, 0.2) is 170 Å². The van der Waals surface area contributed by atoms with Crippen molar-refractivity contribution in [2.75, 3.05) is 0 Å². The van der Waals surface area contributed by atoms with Crippen molar-refractivity contribution in [3.63, 3.8) is 0 Å². The summed E-state index contributed by atoms with van der Waals surface area (Å²) in [5, 5.41) is 3.04. The zero-order valence-electron chi connectivity index (χ0n) is 35.2. The molecular formula is C45H28N4S. The SMILES string of the molecule is [2H]c1c([2H])c([2H])c(-c2ccc3c4c([2H])c([2H])c([2H])c([2H])c4n(-c4cccc(-c5nc(-c6ccccc6)nc(-c6cccc7c6sc6ccccc67)n5)c4)c3c2)c([2H])c1[2H]. The predicted molar refractivity (Wildman–Crippen MR) is 209 cm³/mol. The Morgan fingerprint density at radius 3 is 2.08 bits per heavy atom. The molecule has 0 aliphatic carbocycles. The zero-order valence-corrected chi connectivity index (χ0v) is 27.0. The van der Waals surface area contributed by atoms with Gasteiger partial charge in [0, 0.05) is 53.3 Å². The molecule has 0 aliphatic heterocycles. The molecule has 10 rings (SSSR count). The van der Waals surface area contributed by atoms with Crippen molar-refractivity contribution in [3.8, 4) is 51.0 Å². The van der Waals surface area contributed by atoms with Crippen LogP contribution in [0, 0.1) is 0 Å². The first kappa shape index (κ1) is 20.8. The van der Waals surface area contributed by atoms with Gasteiger partial charge in [-0.05, 0) is 47.5 Å². The van der Waals surface area contributed by atoms with E-state index in [1.165, 1.54) is 0 Å². The monoisotopic (exact) mass is 665 g/mol. The number of aromatic nitrogens is 4. The Morgan fingerprint density at radius 1 is 0.460 bits per heavy atom. The van der Waals surface area contributed by atoms with Gasteiger partial charge in [0.2, 0.25) is 0 Å². The predicted octanol–water partition coefficient (Wildman–Crippen LogP) is 12.0. The van der Waals surface area contributed by atoms with Crippen molar-refractivity contribution >= 4 is 53.3 Å². The van der Waals surface area contributed by atoms with Crippen LogP contribution in [-0.2, 0) is 0 Å². The van der Waals surface area contributed by atoms with Gasteiger partial charge >= 0.3 is 0 Å². The Morgan fingerprint density at radius 2 is 1.18 bits per heavy atom. The maximum Gasteiger partial charge on any atom is 0.165 e. The molecule has 4 nitrogen and oxygen atoms in total. The van der Waals surface area contributed by atoms with Crippen molar-refractivity contribution in [3.05, 3.63) is 170 Å². The lowest BCUT2D eigenvalue weighted by atomic mass is 10.0. The fourth-order valence-electron chi connectivity index (χ4n) is 6.58. The normalized spacial score (nSPS) is 14.1. The molecule has 0 atom stereocenters. The lowest BCUT2D eigenvalue weighted by Gasteiger charge is -2.12. The summed E-state index contributed by atoms with van der Waals surface area (Å²) in [5.41, 5.74) is 3.81. The maximum absolute atomic E-state index is 9.11. The standard InChI is InChI=1S/C45H28N4S/c1-3-13-29(14-4-1)31-25-26-35-34-19-7-9-23-39(34)49(40(35)28-31)33-18-11-17-32(27-33)44-46-43(30-15-5-2-6-16-30)47-45(48-44)38-22-12-21-37-36-20-8-10-24-41(36)50-42(37)38/h1-28H/i1D,3D,4D,7D,9D,13D,14D,19D,23D. The highest BCUT2D eigenvalue weighted by molar-refractivity contribution is 7.26. The van der Waals surface area contributed by atoms with Gasteiger partial charge in [-0.15, -0.1) is 11.3 Å². The van der Waals surface area contributed by atoms with E-state index in [0.717, 1.165) is 31.3 Å². The molecule has 0 spiro atoms. The molecule has 3 aromatic heterocycles. The van der Waals surface area contributed by atoms with E-state index in [9.17, 15) is 0 Å². The number of nitrogens with zero attached hydrogens (tertiary/aromatic N) is 4. The van der Waals surface area contributed by atoms with Crippen molar-refractivity contribution in [2.45, 2.75) is 0 Å². The number of benzene rings is 7. The molecule has 0 saturated carbocycles. The van der Waals surface area contributed by atoms with E-state index in [2.05, 4.69) is 18.2 Å². The van der Waals surface area contributed by atoms with Gasteiger partial charge in [-0.1, -0.05) is 133 Å². The Balaban J connectivity index is 1.23. The van der Waals surface area contributed by atoms with Gasteiger partial charge in [0.25, 0.3) is 0 Å². The fourth-order valence-corrected chi connectivity index (χ4v) is 7.80. The third kappa shape index (κ3) is 4.71. The van der Waals surface area contributed by atoms with Gasteiger partial charge in [-0.2, -0.15) is 0 Å². The summed E-state index contributed by atoms with van der Waals surface area (Å²) < 4.78 is 81.3. The van der Waals surface area contributed by atoms with Crippen molar-refractivity contribution in [2.24, 2.45) is 0 Å². The first-order valence-electron chi connectivity index (χ1n) is 20.5. The zero-order chi connectivity index (χ0) is 40.9. The molecule has 0 unspecified atom stereocenters. The molecule has 10 aromatic rings. The van der Waals surface area contributed by atoms with Crippen LogP contribution in [0.1, 0.15) is 12.3 Å². The highest BCUT2D eigenvalue weighted by Gasteiger charge is 2.18. The van der Waals surface area contributed by atoms with E-state index < -0.39 is 24.2 Å². The number of hydrogen-bond acceptors (Lipinski definition) is 4. The fraction of sp³-hybridized carbons (Fsp3) is 0. The molecule has 0 radical (unpaired) electrons. The smallest absolute Gasteiger partial charge is 0.165 e. The molecule has 0 fully saturated rings. The van der Waals surface area contributed by atoms with Gasteiger partial charge < -0.3 is 4.57 Å². The molecule has 234 valence electrons. The molecule has 0 bridgehead atoms. The van der Waals surface area contributed by atoms with Crippen molar-refractivity contribution in [1.29, 1.82) is 0 Å². The highest BCUT2D eigenvalue weighted by Crippen LogP contribution is 2.40. The van der Waals surface area contributed by atoms with Crippen molar-refractivity contribution < 1.29 is 12.3 Å². The summed E-state index contributed by atoms with van der Waals surface area (Å²) in [6.07, 6.45) is 0. The minimum absolute atomic E-state index is 0.00262. The lowest BCUT2D eigenvalue weighted by Crippen LogP contribution is -2.01. The molecule has 0 aliphatic rings. The van der Waals surface area contributed by atoms with Crippen LogP contribution in [0.2, 0.25) is 0 Å². The summed E-state index contributed by atoms with van der Waals surface area (Å²) in [6, 6.07) is 33.0. The second kappa shape index (κ2) is 11.6. The Labute approximate surface area is 305 Å². The lowest BCUT2D eigenvalue weighted by molar-refractivity contribution is 1.07. The van der Waals surface area contributed by atoms with Crippen LogP contribution in [0.4, 0.5) is 0 Å². The van der Waals surface area contributed by atoms with Crippen LogP contribution in [0.25, 0.3) is 93.0 Å². The third-order valence-electron chi connectivity index (χ3n) is 8.86. The minimum Gasteiger partial charge on any atom is -0.309 e. The number of fused-ring (bicyclic) bond motifs is 6. The second-order valence-electron chi connectivity index (χ2n) is 11.8. The van der Waals surface area contributed by atoms with Gasteiger partial charge in [0.15, 0.2) is 17.5 Å². The number of para-hydroxylation sites is 1. The van der Waals surface area contributed by atoms with E-state index in [4.69, 9.17) is 27.3 Å². The molecule has 0 amide bonds. The number of rotatable bonds is 5. The summed E-state index contributed by atoms with van der Waals surface area (Å²) in [6.45, 7) is 0. The summed E-state index contributed by atoms with van der Waals surface area (Å²) in [7, 11) is 0. The van der Waals surface area contributed by atoms with Crippen LogP contribution in [-0.4, -0.2) is 19.5 Å². The van der Waals surface area contributed by atoms with E-state index in [1.54, 1.807) is 34.1 Å². The molecule has 50 heavy (non-hydrogen) atoms. The number of thiophene rings is 1. The average Bonchev–Trinajstić information content (AvgIpc) is 3.83. The molecule has 3 heterocycles. The molecule has 7 aromatic carbocycles. The van der Waals surface area contributed by atoms with E-state index in [-0.39, 0.29) is 46.7 Å². The topological polar surface area (TPSA) is 43.6 Å². The van der Waals surface area contributed by atoms with Crippen LogP contribution < -0.4 is 0 Å². The molecule has 5 heteroatoms. The van der Waals surface area contributed by atoms with Gasteiger partial charge in [0.05, 0.1) is 23.4 Å². The molecule has 0 saturated heterocycles. The first-order chi connectivity index (χ1) is 28.5. The van der Waals surface area contributed by atoms with Gasteiger partial charge in [-0.25, -0.2) is 15.0 Å². The quantitative estimate of drug-likeness (QED) is 0.184. The summed E-state index contributed by atoms with van der Waals surface area (Å²) in [4.78, 5) is 15.1. The van der Waals surface area contributed by atoms with Crippen molar-refractivity contribution in [1.82, 2.24) is 19.5 Å². The summed E-state index contributed by atoms with van der Waals surface area (Å²) >= 11 is 1.68. The third-order valence-corrected chi connectivity index (χ3v) is 10.1. The van der Waals surface area contributed by atoms with E-state index >= 15 is 0 Å². The first-order valence-corrected chi connectivity index (χ1v) is 16.8. The summed E-state index contributed by atoms with van der Waals surface area (Å²) in [5.74, 6) is 1.35. The maximum atomic E-state index is 9.11. The van der Waals surface area contributed by atoms with E-state index in [0.29, 0.717) is 45.2 Å². The van der Waals surface area contributed by atoms with Crippen LogP contribution in [0.5, 0.6) is 0 Å². The van der Waals surface area contributed by atoms with Gasteiger partial charge in [-0.3, -0.25) is 0 Å². The molecule has 0 N–H and O–H groups in total. The van der Waals surface area contributed by atoms with Gasteiger partial charge in [0.1, 0.15) is 0 Å².